The lowest BCUT2D eigenvalue weighted by Crippen LogP contribution is -2.33. The molecule has 0 saturated carbocycles. The van der Waals surface area contributed by atoms with Crippen molar-refractivity contribution < 1.29 is 4.79 Å². The summed E-state index contributed by atoms with van der Waals surface area (Å²) in [5.74, 6) is 0. The molecule has 0 aliphatic rings. The zero-order valence-corrected chi connectivity index (χ0v) is 6.53. The lowest BCUT2D eigenvalue weighted by molar-refractivity contribution is 0.243. The Hall–Kier alpha value is -0.513. The van der Waals surface area contributed by atoms with E-state index in [2.05, 4.69) is 20.9 Å². The van der Waals surface area contributed by atoms with Crippen LogP contribution in [-0.4, -0.2) is 29.9 Å². The van der Waals surface area contributed by atoms with Crippen molar-refractivity contribution in [2.75, 3.05) is 13.6 Å². The first-order chi connectivity index (χ1) is 4.31. The maximum atomic E-state index is 10.4. The summed E-state index contributed by atoms with van der Waals surface area (Å²) in [5, 5.41) is 5.11. The van der Waals surface area contributed by atoms with Crippen LogP contribution in [0.15, 0.2) is 0 Å². The van der Waals surface area contributed by atoms with Crippen LogP contribution in [-0.2, 0) is 0 Å². The molecule has 9 heavy (non-hydrogen) atoms. The maximum absolute atomic E-state index is 10.4. The van der Waals surface area contributed by atoms with Gasteiger partial charge in [0.15, 0.2) is 0 Å². The molecule has 0 heterocycles. The Morgan fingerprint density at radius 1 is 1.67 bits per heavy atom. The van der Waals surface area contributed by atoms with Crippen molar-refractivity contribution in [1.82, 2.24) is 10.6 Å². The molecule has 2 amide bonds. The van der Waals surface area contributed by atoms with Crippen molar-refractivity contribution >= 4 is 16.3 Å². The number of amides is 2. The fraction of sp³-hybridized carbons (Fsp3) is 0.800. The third kappa shape index (κ3) is 5.36. The zero-order valence-electron chi connectivity index (χ0n) is 5.53. The number of rotatable bonds is 3. The first kappa shape index (κ1) is 8.49. The third-order valence-electron chi connectivity index (χ3n) is 0.866. The summed E-state index contributed by atoms with van der Waals surface area (Å²) in [6.45, 7) is 0.725. The number of carbonyl (C=O) groups is 1. The second kappa shape index (κ2) is 5.62. The number of urea groups is 1. The van der Waals surface area contributed by atoms with Crippen LogP contribution in [0.2, 0.25) is 6.04 Å². The van der Waals surface area contributed by atoms with Crippen LogP contribution in [0.5, 0.6) is 0 Å². The molecule has 3 nitrogen and oxygen atoms in total. The minimum absolute atomic E-state index is 0.116. The Bertz CT molecular complexity index is 87.0. The molecule has 51 valence electrons. The molecule has 0 fully saturated rings. The van der Waals surface area contributed by atoms with Crippen molar-refractivity contribution in [2.45, 2.75) is 12.5 Å². The van der Waals surface area contributed by atoms with E-state index in [1.165, 1.54) is 0 Å². The van der Waals surface area contributed by atoms with E-state index in [0.29, 0.717) is 0 Å². The molecule has 0 unspecified atom stereocenters. The average Bonchev–Trinajstić information content (AvgIpc) is 1.89. The summed E-state index contributed by atoms with van der Waals surface area (Å²) in [6.07, 6.45) is 0.963. The topological polar surface area (TPSA) is 41.1 Å². The number of carbonyl (C=O) groups excluding carboxylic acids is 1. The molecule has 0 bridgehead atoms. The normalized spacial score (nSPS) is 8.67. The standard InChI is InChI=1S/C5H11N2OSi/c1-6-5(8)7-3-2-4-9/h2-4H2,1H3,(H2,6,7,8). The summed E-state index contributed by atoms with van der Waals surface area (Å²) in [7, 11) is 4.89. The van der Waals surface area contributed by atoms with Crippen molar-refractivity contribution in [1.29, 1.82) is 0 Å². The van der Waals surface area contributed by atoms with Crippen molar-refractivity contribution in [2.24, 2.45) is 0 Å². The highest BCUT2D eigenvalue weighted by atomic mass is 28.1. The number of nitrogens with one attached hydrogen (secondary N) is 2. The van der Waals surface area contributed by atoms with Gasteiger partial charge in [-0.25, -0.2) is 4.79 Å². The Morgan fingerprint density at radius 2 is 2.33 bits per heavy atom. The molecule has 0 aromatic rings. The van der Waals surface area contributed by atoms with E-state index in [1.807, 2.05) is 0 Å². The van der Waals surface area contributed by atoms with Crippen molar-refractivity contribution in [3.63, 3.8) is 0 Å². The molecule has 0 aliphatic heterocycles. The monoisotopic (exact) mass is 143 g/mol. The highest BCUT2D eigenvalue weighted by Crippen LogP contribution is 1.78. The Labute approximate surface area is 58.6 Å². The van der Waals surface area contributed by atoms with Gasteiger partial charge in [-0.3, -0.25) is 0 Å². The quantitative estimate of drug-likeness (QED) is 0.420. The largest absolute Gasteiger partial charge is 0.341 e. The van der Waals surface area contributed by atoms with E-state index in [9.17, 15) is 4.79 Å². The van der Waals surface area contributed by atoms with Gasteiger partial charge in [-0.2, -0.15) is 0 Å². The van der Waals surface area contributed by atoms with Crippen LogP contribution in [0.4, 0.5) is 4.79 Å². The minimum atomic E-state index is -0.116. The predicted molar refractivity (Wildman–Crippen MR) is 37.6 cm³/mol. The van der Waals surface area contributed by atoms with Gasteiger partial charge in [0.1, 0.15) is 0 Å². The lowest BCUT2D eigenvalue weighted by atomic mass is 10.5. The molecule has 0 saturated heterocycles. The van der Waals surface area contributed by atoms with Gasteiger partial charge >= 0.3 is 6.03 Å². The lowest BCUT2D eigenvalue weighted by Gasteiger charge is -2.00. The first-order valence-electron chi connectivity index (χ1n) is 2.91. The summed E-state index contributed by atoms with van der Waals surface area (Å²) >= 11 is 0. The molecule has 0 aromatic heterocycles. The second-order valence-corrected chi connectivity index (χ2v) is 2.11. The molecule has 0 rings (SSSR count). The van der Waals surface area contributed by atoms with Gasteiger partial charge in [0.2, 0.25) is 0 Å². The highest BCUT2D eigenvalue weighted by molar-refractivity contribution is 6.08. The van der Waals surface area contributed by atoms with E-state index < -0.39 is 0 Å². The molecule has 0 atom stereocenters. The Morgan fingerprint density at radius 3 is 2.78 bits per heavy atom. The van der Waals surface area contributed by atoms with E-state index in [4.69, 9.17) is 0 Å². The van der Waals surface area contributed by atoms with Crippen LogP contribution in [0.3, 0.4) is 0 Å². The molecular formula is C5H11N2OSi. The summed E-state index contributed by atoms with van der Waals surface area (Å²) in [6, 6.07) is 0.805. The van der Waals surface area contributed by atoms with Crippen molar-refractivity contribution in [3.8, 4) is 0 Å². The molecule has 2 N–H and O–H groups in total. The van der Waals surface area contributed by atoms with Crippen LogP contribution >= 0.6 is 0 Å². The van der Waals surface area contributed by atoms with Crippen LogP contribution < -0.4 is 10.6 Å². The first-order valence-corrected chi connectivity index (χ1v) is 3.62. The van der Waals surface area contributed by atoms with Gasteiger partial charge in [-0.05, 0) is 6.42 Å². The van der Waals surface area contributed by atoms with Crippen molar-refractivity contribution in [3.05, 3.63) is 0 Å². The molecule has 0 spiro atoms. The number of hydrogen-bond donors (Lipinski definition) is 2. The van der Waals surface area contributed by atoms with E-state index in [0.717, 1.165) is 19.0 Å². The van der Waals surface area contributed by atoms with E-state index in [-0.39, 0.29) is 6.03 Å². The molecule has 4 heteroatoms. The molecular weight excluding hydrogens is 132 g/mol. The SMILES string of the molecule is CNC(=O)NCCC[Si]. The van der Waals surface area contributed by atoms with E-state index >= 15 is 0 Å². The number of hydrogen-bond acceptors (Lipinski definition) is 1. The molecule has 0 aliphatic carbocycles. The zero-order chi connectivity index (χ0) is 7.11. The summed E-state index contributed by atoms with van der Waals surface area (Å²) < 4.78 is 0. The average molecular weight is 143 g/mol. The predicted octanol–water partition coefficient (Wildman–Crippen LogP) is -0.108. The Balaban J connectivity index is 2.97. The summed E-state index contributed by atoms with van der Waals surface area (Å²) in [4.78, 5) is 10.4. The van der Waals surface area contributed by atoms with Crippen LogP contribution in [0, 0.1) is 0 Å². The minimum Gasteiger partial charge on any atom is -0.341 e. The highest BCUT2D eigenvalue weighted by Gasteiger charge is 1.90. The van der Waals surface area contributed by atoms with Gasteiger partial charge in [0.05, 0.1) is 0 Å². The fourth-order valence-corrected chi connectivity index (χ4v) is 0.555. The smallest absolute Gasteiger partial charge is 0.314 e. The van der Waals surface area contributed by atoms with Gasteiger partial charge < -0.3 is 10.6 Å². The fourth-order valence-electron chi connectivity index (χ4n) is 0.379. The molecule has 0 aromatic carbocycles. The van der Waals surface area contributed by atoms with Gasteiger partial charge in [-0.15, -0.1) is 0 Å². The van der Waals surface area contributed by atoms with Gasteiger partial charge in [0, 0.05) is 23.8 Å². The summed E-state index contributed by atoms with van der Waals surface area (Å²) in [5.41, 5.74) is 0. The maximum Gasteiger partial charge on any atom is 0.314 e. The third-order valence-corrected chi connectivity index (χ3v) is 1.22. The van der Waals surface area contributed by atoms with Crippen LogP contribution in [0.25, 0.3) is 0 Å². The Kier molecular flexibility index (Phi) is 5.30. The molecule has 3 radical (unpaired) electrons. The van der Waals surface area contributed by atoms with E-state index in [1.54, 1.807) is 7.05 Å². The van der Waals surface area contributed by atoms with Gasteiger partial charge in [0.25, 0.3) is 0 Å². The second-order valence-electron chi connectivity index (χ2n) is 1.61. The van der Waals surface area contributed by atoms with Crippen LogP contribution in [0.1, 0.15) is 6.42 Å². The van der Waals surface area contributed by atoms with Gasteiger partial charge in [-0.1, -0.05) is 6.04 Å².